The number of terminal acetylenes is 1. The van der Waals surface area contributed by atoms with Gasteiger partial charge in [-0.15, -0.1) is 6.42 Å². The number of hydrogen-bond acceptors (Lipinski definition) is 2. The SMILES string of the molecule is C#CCn1cc(C=C(C#N)c2cccc(C#N)c2)c2ccccc21. The summed E-state index contributed by atoms with van der Waals surface area (Å²) >= 11 is 0. The molecule has 0 saturated carbocycles. The molecule has 0 bridgehead atoms. The second-order valence-corrected chi connectivity index (χ2v) is 5.30. The van der Waals surface area contributed by atoms with Crippen molar-refractivity contribution in [3.05, 3.63) is 71.4 Å². The first-order valence-corrected chi connectivity index (χ1v) is 7.40. The van der Waals surface area contributed by atoms with Crippen LogP contribution in [0, 0.1) is 35.0 Å². The Kier molecular flexibility index (Phi) is 4.15. The van der Waals surface area contributed by atoms with E-state index in [0.717, 1.165) is 22.0 Å². The van der Waals surface area contributed by atoms with Crippen molar-refractivity contribution in [2.24, 2.45) is 0 Å². The number of hydrogen-bond donors (Lipinski definition) is 0. The maximum absolute atomic E-state index is 9.55. The van der Waals surface area contributed by atoms with E-state index >= 15 is 0 Å². The second-order valence-electron chi connectivity index (χ2n) is 5.30. The van der Waals surface area contributed by atoms with Crippen molar-refractivity contribution in [3.8, 4) is 24.5 Å². The largest absolute Gasteiger partial charge is 0.335 e. The molecule has 112 valence electrons. The molecule has 24 heavy (non-hydrogen) atoms. The van der Waals surface area contributed by atoms with Crippen LogP contribution in [-0.4, -0.2) is 4.57 Å². The molecule has 0 spiro atoms. The van der Waals surface area contributed by atoms with Crippen LogP contribution in [0.3, 0.4) is 0 Å². The molecule has 0 aliphatic carbocycles. The zero-order valence-corrected chi connectivity index (χ0v) is 12.9. The lowest BCUT2D eigenvalue weighted by Crippen LogP contribution is -1.91. The number of rotatable bonds is 3. The molecule has 3 nitrogen and oxygen atoms in total. The van der Waals surface area contributed by atoms with Crippen molar-refractivity contribution in [1.29, 1.82) is 10.5 Å². The van der Waals surface area contributed by atoms with Crippen LogP contribution in [-0.2, 0) is 6.54 Å². The number of benzene rings is 2. The highest BCUT2D eigenvalue weighted by Crippen LogP contribution is 2.26. The minimum absolute atomic E-state index is 0.472. The molecule has 0 amide bonds. The summed E-state index contributed by atoms with van der Waals surface area (Å²) in [5.74, 6) is 2.64. The topological polar surface area (TPSA) is 52.5 Å². The number of nitriles is 2. The van der Waals surface area contributed by atoms with E-state index in [-0.39, 0.29) is 0 Å². The van der Waals surface area contributed by atoms with Crippen molar-refractivity contribution < 1.29 is 0 Å². The first-order chi connectivity index (χ1) is 11.8. The molecular formula is C21H13N3. The van der Waals surface area contributed by atoms with Crippen molar-refractivity contribution in [2.45, 2.75) is 6.54 Å². The Labute approximate surface area is 140 Å². The normalized spacial score (nSPS) is 10.8. The third-order valence-corrected chi connectivity index (χ3v) is 3.80. The van der Waals surface area contributed by atoms with Gasteiger partial charge in [0.15, 0.2) is 0 Å². The van der Waals surface area contributed by atoms with E-state index in [0.29, 0.717) is 17.7 Å². The summed E-state index contributed by atoms with van der Waals surface area (Å²) < 4.78 is 1.99. The highest BCUT2D eigenvalue weighted by Gasteiger charge is 2.08. The van der Waals surface area contributed by atoms with Crippen molar-refractivity contribution in [3.63, 3.8) is 0 Å². The van der Waals surface area contributed by atoms with Gasteiger partial charge in [0.2, 0.25) is 0 Å². The van der Waals surface area contributed by atoms with Crippen LogP contribution in [0.25, 0.3) is 22.6 Å². The molecule has 0 atom stereocenters. The number of para-hydroxylation sites is 1. The van der Waals surface area contributed by atoms with E-state index in [1.165, 1.54) is 0 Å². The van der Waals surface area contributed by atoms with Gasteiger partial charge in [-0.25, -0.2) is 0 Å². The first kappa shape index (κ1) is 15.2. The lowest BCUT2D eigenvalue weighted by Gasteiger charge is -1.99. The minimum Gasteiger partial charge on any atom is -0.335 e. The van der Waals surface area contributed by atoms with Crippen LogP contribution in [0.2, 0.25) is 0 Å². The van der Waals surface area contributed by atoms with Gasteiger partial charge < -0.3 is 4.57 Å². The van der Waals surface area contributed by atoms with E-state index in [2.05, 4.69) is 18.1 Å². The number of aromatic nitrogens is 1. The molecule has 1 heterocycles. The molecule has 3 rings (SSSR count). The highest BCUT2D eigenvalue weighted by atomic mass is 14.9. The maximum Gasteiger partial charge on any atom is 0.0998 e. The van der Waals surface area contributed by atoms with Gasteiger partial charge in [-0.1, -0.05) is 36.3 Å². The van der Waals surface area contributed by atoms with Crippen LogP contribution in [0.4, 0.5) is 0 Å². The van der Waals surface area contributed by atoms with Gasteiger partial charge in [-0.05, 0) is 29.8 Å². The van der Waals surface area contributed by atoms with Gasteiger partial charge >= 0.3 is 0 Å². The van der Waals surface area contributed by atoms with E-state index in [1.807, 2.05) is 47.2 Å². The number of nitrogens with zero attached hydrogens (tertiary/aromatic N) is 3. The molecular weight excluding hydrogens is 294 g/mol. The van der Waals surface area contributed by atoms with Crippen LogP contribution in [0.5, 0.6) is 0 Å². The molecule has 2 aromatic carbocycles. The fourth-order valence-corrected chi connectivity index (χ4v) is 2.71. The van der Waals surface area contributed by atoms with Crippen molar-refractivity contribution in [1.82, 2.24) is 4.57 Å². The molecule has 0 radical (unpaired) electrons. The Morgan fingerprint density at radius 1 is 1.12 bits per heavy atom. The van der Waals surface area contributed by atoms with Gasteiger partial charge in [0.25, 0.3) is 0 Å². The molecule has 1 aromatic heterocycles. The molecule has 0 saturated heterocycles. The average molecular weight is 307 g/mol. The van der Waals surface area contributed by atoms with Gasteiger partial charge in [0.05, 0.1) is 29.8 Å². The lowest BCUT2D eigenvalue weighted by atomic mass is 10.0. The Hall–Kier alpha value is -3.74. The predicted molar refractivity (Wildman–Crippen MR) is 95.4 cm³/mol. The summed E-state index contributed by atoms with van der Waals surface area (Å²) in [6.07, 6.45) is 9.24. The molecule has 0 aliphatic heterocycles. The van der Waals surface area contributed by atoms with Gasteiger partial charge in [0, 0.05) is 22.7 Å². The second kappa shape index (κ2) is 6.57. The number of fused-ring (bicyclic) bond motifs is 1. The van der Waals surface area contributed by atoms with E-state index in [1.54, 1.807) is 18.2 Å². The quantitative estimate of drug-likeness (QED) is 0.537. The fraction of sp³-hybridized carbons (Fsp3) is 0.0476. The van der Waals surface area contributed by atoms with Crippen molar-refractivity contribution in [2.75, 3.05) is 0 Å². The first-order valence-electron chi connectivity index (χ1n) is 7.40. The molecule has 0 fully saturated rings. The number of allylic oxidation sites excluding steroid dienone is 1. The molecule has 0 unspecified atom stereocenters. The van der Waals surface area contributed by atoms with Crippen LogP contribution in [0.1, 0.15) is 16.7 Å². The van der Waals surface area contributed by atoms with Gasteiger partial charge in [-0.3, -0.25) is 0 Å². The third-order valence-electron chi connectivity index (χ3n) is 3.80. The Morgan fingerprint density at radius 2 is 1.96 bits per heavy atom. The minimum atomic E-state index is 0.472. The fourth-order valence-electron chi connectivity index (χ4n) is 2.71. The van der Waals surface area contributed by atoms with Crippen LogP contribution in [0.15, 0.2) is 54.7 Å². The molecule has 3 heteroatoms. The smallest absolute Gasteiger partial charge is 0.0998 e. The average Bonchev–Trinajstić information content (AvgIpc) is 2.98. The standard InChI is InChI=1S/C21H13N3/c1-2-10-24-15-19(20-8-3-4-9-21(20)24)12-18(14-23)17-7-5-6-16(11-17)13-22/h1,3-9,11-12,15H,10H2. The Morgan fingerprint density at radius 3 is 2.71 bits per heavy atom. The molecule has 0 N–H and O–H groups in total. The summed E-state index contributed by atoms with van der Waals surface area (Å²) in [5.41, 5.74) is 3.73. The predicted octanol–water partition coefficient (Wildman–Crippen LogP) is 4.21. The van der Waals surface area contributed by atoms with Crippen LogP contribution < -0.4 is 0 Å². The van der Waals surface area contributed by atoms with Crippen molar-refractivity contribution >= 4 is 22.6 Å². The molecule has 3 aromatic rings. The monoisotopic (exact) mass is 307 g/mol. The zero-order chi connectivity index (χ0) is 16.9. The lowest BCUT2D eigenvalue weighted by molar-refractivity contribution is 0.886. The third kappa shape index (κ3) is 2.78. The Bertz CT molecular complexity index is 1060. The summed E-state index contributed by atoms with van der Waals surface area (Å²) in [7, 11) is 0. The van der Waals surface area contributed by atoms with E-state index in [4.69, 9.17) is 11.7 Å². The zero-order valence-electron chi connectivity index (χ0n) is 12.9. The molecule has 0 aliphatic rings. The summed E-state index contributed by atoms with van der Waals surface area (Å²) in [4.78, 5) is 0. The van der Waals surface area contributed by atoms with Gasteiger partial charge in [0.1, 0.15) is 0 Å². The summed E-state index contributed by atoms with van der Waals surface area (Å²) in [6.45, 7) is 0.472. The maximum atomic E-state index is 9.55. The van der Waals surface area contributed by atoms with Gasteiger partial charge in [-0.2, -0.15) is 10.5 Å². The summed E-state index contributed by atoms with van der Waals surface area (Å²) in [6, 6.07) is 19.3. The van der Waals surface area contributed by atoms with Crippen LogP contribution >= 0.6 is 0 Å². The summed E-state index contributed by atoms with van der Waals surface area (Å²) in [5, 5.41) is 19.6. The highest BCUT2D eigenvalue weighted by molar-refractivity contribution is 5.98. The van der Waals surface area contributed by atoms with E-state index in [9.17, 15) is 5.26 Å². The Balaban J connectivity index is 2.16. The van der Waals surface area contributed by atoms with E-state index < -0.39 is 0 Å².